The van der Waals surface area contributed by atoms with Gasteiger partial charge in [-0.3, -0.25) is 0 Å². The predicted molar refractivity (Wildman–Crippen MR) is 197 cm³/mol. The van der Waals surface area contributed by atoms with Crippen LogP contribution in [-0.2, 0) is 0 Å². The van der Waals surface area contributed by atoms with Gasteiger partial charge in [-0.2, -0.15) is 0 Å². The molecular weight excluding hydrogens is 572 g/mol. The lowest BCUT2D eigenvalue weighted by Gasteiger charge is -2.26. The molecule has 8 aromatic rings. The van der Waals surface area contributed by atoms with Gasteiger partial charge in [-0.05, 0) is 96.1 Å². The second-order valence-electron chi connectivity index (χ2n) is 11.9. The first kappa shape index (κ1) is 28.4. The third-order valence-corrected chi connectivity index (χ3v) is 8.96. The van der Waals surface area contributed by atoms with E-state index in [9.17, 15) is 0 Å². The van der Waals surface area contributed by atoms with Gasteiger partial charge in [0, 0.05) is 50.8 Å². The highest BCUT2D eigenvalue weighted by atomic mass is 16.3. The average molecular weight is 607 g/mol. The first-order chi connectivity index (χ1) is 23.2. The Morgan fingerprint density at radius 1 is 0.362 bits per heavy atom. The summed E-state index contributed by atoms with van der Waals surface area (Å²) in [5, 5.41) is 2.24. The molecule has 7 aromatic carbocycles. The van der Waals surface area contributed by atoms with E-state index in [1.54, 1.807) is 0 Å². The monoisotopic (exact) mass is 606 g/mol. The SMILES string of the molecule is CC(c1ccc(N(c2ccccc2)c2ccccc2)cc1)c1ccc(N(c2ccccc2)c2ccc3oc4ccccc4c3c2)cc1. The minimum atomic E-state index is 0.235. The Balaban J connectivity index is 1.10. The summed E-state index contributed by atoms with van der Waals surface area (Å²) in [7, 11) is 0. The third-order valence-electron chi connectivity index (χ3n) is 8.96. The van der Waals surface area contributed by atoms with E-state index in [1.807, 2.05) is 12.1 Å². The van der Waals surface area contributed by atoms with Gasteiger partial charge in [0.15, 0.2) is 0 Å². The lowest BCUT2D eigenvalue weighted by atomic mass is 9.92. The highest BCUT2D eigenvalue weighted by Crippen LogP contribution is 2.40. The molecule has 0 aliphatic carbocycles. The van der Waals surface area contributed by atoms with Crippen LogP contribution in [0.4, 0.5) is 34.1 Å². The molecule has 0 spiro atoms. The maximum atomic E-state index is 6.13. The van der Waals surface area contributed by atoms with Crippen LogP contribution in [0.5, 0.6) is 0 Å². The van der Waals surface area contributed by atoms with Crippen LogP contribution in [0.1, 0.15) is 24.0 Å². The molecule has 1 aromatic heterocycles. The molecule has 0 saturated heterocycles. The number of nitrogens with zero attached hydrogens (tertiary/aromatic N) is 2. The molecular formula is C44H34N2O. The van der Waals surface area contributed by atoms with Gasteiger partial charge in [-0.25, -0.2) is 0 Å². The fourth-order valence-corrected chi connectivity index (χ4v) is 6.50. The fraction of sp³-hybridized carbons (Fsp3) is 0.0455. The Labute approximate surface area is 275 Å². The van der Waals surface area contributed by atoms with Crippen LogP contribution in [0.2, 0.25) is 0 Å². The number of para-hydroxylation sites is 4. The first-order valence-electron chi connectivity index (χ1n) is 16.1. The molecule has 0 N–H and O–H groups in total. The van der Waals surface area contributed by atoms with Crippen LogP contribution in [0, 0.1) is 0 Å². The summed E-state index contributed by atoms with van der Waals surface area (Å²) in [6.07, 6.45) is 0. The zero-order chi connectivity index (χ0) is 31.6. The van der Waals surface area contributed by atoms with E-state index in [0.717, 1.165) is 56.1 Å². The van der Waals surface area contributed by atoms with Crippen molar-refractivity contribution in [1.29, 1.82) is 0 Å². The summed E-state index contributed by atoms with van der Waals surface area (Å²) in [5.41, 5.74) is 11.1. The average Bonchev–Trinajstić information content (AvgIpc) is 3.52. The van der Waals surface area contributed by atoms with Crippen molar-refractivity contribution in [2.45, 2.75) is 12.8 Å². The van der Waals surface area contributed by atoms with E-state index in [0.29, 0.717) is 0 Å². The number of anilines is 6. The third kappa shape index (κ3) is 5.53. The molecule has 0 aliphatic heterocycles. The summed E-state index contributed by atoms with van der Waals surface area (Å²) in [5.74, 6) is 0.235. The Morgan fingerprint density at radius 3 is 1.26 bits per heavy atom. The van der Waals surface area contributed by atoms with Gasteiger partial charge < -0.3 is 14.2 Å². The van der Waals surface area contributed by atoms with Gasteiger partial charge in [-0.1, -0.05) is 104 Å². The Morgan fingerprint density at radius 2 is 0.745 bits per heavy atom. The van der Waals surface area contributed by atoms with E-state index in [1.165, 1.54) is 11.1 Å². The molecule has 0 aliphatic rings. The number of hydrogen-bond acceptors (Lipinski definition) is 3. The summed E-state index contributed by atoms with van der Waals surface area (Å²) < 4.78 is 6.13. The molecule has 0 amide bonds. The molecule has 1 heterocycles. The van der Waals surface area contributed by atoms with Crippen LogP contribution in [0.15, 0.2) is 186 Å². The molecule has 1 atom stereocenters. The summed E-state index contributed by atoms with van der Waals surface area (Å²) in [6, 6.07) is 64.3. The molecule has 0 bridgehead atoms. The van der Waals surface area contributed by atoms with E-state index in [4.69, 9.17) is 4.42 Å². The van der Waals surface area contributed by atoms with Gasteiger partial charge in [0.1, 0.15) is 11.2 Å². The Hall–Kier alpha value is -6.06. The van der Waals surface area contributed by atoms with Crippen LogP contribution in [0.25, 0.3) is 21.9 Å². The molecule has 0 fully saturated rings. The fourth-order valence-electron chi connectivity index (χ4n) is 6.50. The van der Waals surface area contributed by atoms with Gasteiger partial charge >= 0.3 is 0 Å². The van der Waals surface area contributed by atoms with Crippen molar-refractivity contribution in [2.75, 3.05) is 9.80 Å². The van der Waals surface area contributed by atoms with E-state index in [2.05, 4.69) is 187 Å². The number of hydrogen-bond donors (Lipinski definition) is 0. The Bertz CT molecular complexity index is 2200. The zero-order valence-corrected chi connectivity index (χ0v) is 26.2. The molecule has 1 unspecified atom stereocenters. The standard InChI is InChI=1S/C44H34N2O/c1-32(33-21-25-38(26-22-33)45(35-13-5-2-6-14-35)36-15-7-3-8-16-36)34-23-27-39(28-24-34)46(37-17-9-4-10-18-37)40-29-30-44-42(31-40)41-19-11-12-20-43(41)47-44/h2-32H,1H3. The number of rotatable bonds is 8. The van der Waals surface area contributed by atoms with Crippen LogP contribution in [0.3, 0.4) is 0 Å². The van der Waals surface area contributed by atoms with Crippen molar-refractivity contribution in [3.63, 3.8) is 0 Å². The van der Waals surface area contributed by atoms with Crippen molar-refractivity contribution in [3.8, 4) is 0 Å². The quantitative estimate of drug-likeness (QED) is 0.172. The second kappa shape index (κ2) is 12.4. The smallest absolute Gasteiger partial charge is 0.135 e. The molecule has 47 heavy (non-hydrogen) atoms. The normalized spacial score (nSPS) is 11.9. The molecule has 3 nitrogen and oxygen atoms in total. The van der Waals surface area contributed by atoms with Gasteiger partial charge in [0.2, 0.25) is 0 Å². The summed E-state index contributed by atoms with van der Waals surface area (Å²) >= 11 is 0. The summed E-state index contributed by atoms with van der Waals surface area (Å²) in [6.45, 7) is 2.28. The van der Waals surface area contributed by atoms with Gasteiger partial charge in [-0.15, -0.1) is 0 Å². The summed E-state index contributed by atoms with van der Waals surface area (Å²) in [4.78, 5) is 4.61. The topological polar surface area (TPSA) is 19.6 Å². The number of furan rings is 1. The van der Waals surface area contributed by atoms with Crippen molar-refractivity contribution in [3.05, 3.63) is 193 Å². The Kier molecular flexibility index (Phi) is 7.49. The minimum absolute atomic E-state index is 0.235. The second-order valence-corrected chi connectivity index (χ2v) is 11.9. The van der Waals surface area contributed by atoms with Crippen LogP contribution >= 0.6 is 0 Å². The largest absolute Gasteiger partial charge is 0.456 e. The lowest BCUT2D eigenvalue weighted by molar-refractivity contribution is 0.669. The van der Waals surface area contributed by atoms with Crippen molar-refractivity contribution < 1.29 is 4.42 Å². The highest BCUT2D eigenvalue weighted by Gasteiger charge is 2.17. The van der Waals surface area contributed by atoms with E-state index >= 15 is 0 Å². The molecule has 8 rings (SSSR count). The highest BCUT2D eigenvalue weighted by molar-refractivity contribution is 6.06. The van der Waals surface area contributed by atoms with E-state index < -0.39 is 0 Å². The van der Waals surface area contributed by atoms with Crippen molar-refractivity contribution >= 4 is 56.1 Å². The van der Waals surface area contributed by atoms with E-state index in [-0.39, 0.29) is 5.92 Å². The number of benzene rings is 7. The maximum absolute atomic E-state index is 6.13. The zero-order valence-electron chi connectivity index (χ0n) is 26.2. The lowest BCUT2D eigenvalue weighted by Crippen LogP contribution is -2.10. The van der Waals surface area contributed by atoms with Gasteiger partial charge in [0.05, 0.1) is 0 Å². The van der Waals surface area contributed by atoms with Crippen molar-refractivity contribution in [1.82, 2.24) is 0 Å². The van der Waals surface area contributed by atoms with Crippen molar-refractivity contribution in [2.24, 2.45) is 0 Å². The molecule has 226 valence electrons. The number of fused-ring (bicyclic) bond motifs is 3. The predicted octanol–water partition coefficient (Wildman–Crippen LogP) is 12.7. The maximum Gasteiger partial charge on any atom is 0.135 e. The first-order valence-corrected chi connectivity index (χ1v) is 16.1. The van der Waals surface area contributed by atoms with Crippen LogP contribution < -0.4 is 9.80 Å². The molecule has 0 saturated carbocycles. The molecule has 0 radical (unpaired) electrons. The van der Waals surface area contributed by atoms with Gasteiger partial charge in [0.25, 0.3) is 0 Å². The minimum Gasteiger partial charge on any atom is -0.456 e. The molecule has 3 heteroatoms. The van der Waals surface area contributed by atoms with Crippen LogP contribution in [-0.4, -0.2) is 0 Å².